The minimum atomic E-state index is -0.325. The molecule has 12 nitrogen and oxygen atoms in total. The maximum atomic E-state index is 13.4. The number of fused-ring (bicyclic) bond motifs is 2. The van der Waals surface area contributed by atoms with Crippen LogP contribution in [-0.2, 0) is 0 Å². The predicted molar refractivity (Wildman–Crippen MR) is 179 cm³/mol. The van der Waals surface area contributed by atoms with Crippen LogP contribution < -0.4 is 25.9 Å². The number of aryl methyl sites for hydroxylation is 1. The van der Waals surface area contributed by atoms with Gasteiger partial charge in [-0.25, -0.2) is 9.97 Å². The lowest BCUT2D eigenvalue weighted by molar-refractivity contribution is 0.0788. The number of ether oxygens (including phenoxy) is 2. The number of carbonyl (C=O) groups is 1. The van der Waals surface area contributed by atoms with Gasteiger partial charge in [-0.2, -0.15) is 4.98 Å². The van der Waals surface area contributed by atoms with E-state index in [1.165, 1.54) is 7.11 Å². The second-order valence-corrected chi connectivity index (χ2v) is 12.4. The maximum Gasteiger partial charge on any atom is 0.262 e. The fourth-order valence-electron chi connectivity index (χ4n) is 6.87. The number of methoxy groups -OCH3 is 2. The third-order valence-corrected chi connectivity index (χ3v) is 9.42. The molecule has 1 saturated heterocycles. The highest BCUT2D eigenvalue weighted by Crippen LogP contribution is 2.32. The number of amides is 1. The monoisotopic (exact) mass is 635 g/mol. The normalized spacial score (nSPS) is 16.7. The number of carbonyl (C=O) groups excluding carboxylic acids is 1. The predicted octanol–water partition coefficient (Wildman–Crippen LogP) is 4.71. The van der Waals surface area contributed by atoms with E-state index in [1.54, 1.807) is 55.8 Å². The molecule has 1 aliphatic carbocycles. The lowest BCUT2D eigenvalue weighted by Gasteiger charge is -2.18. The number of aromatic amines is 1. The van der Waals surface area contributed by atoms with Gasteiger partial charge in [0.05, 0.1) is 19.7 Å². The topological polar surface area (TPSA) is 144 Å². The lowest BCUT2D eigenvalue weighted by Crippen LogP contribution is -2.29. The van der Waals surface area contributed by atoms with Crippen LogP contribution in [0, 0.1) is 12.8 Å². The molecule has 1 aliphatic heterocycles. The number of hydrogen-bond donors (Lipinski definition) is 2. The highest BCUT2D eigenvalue weighted by Gasteiger charge is 2.27. The van der Waals surface area contributed by atoms with Gasteiger partial charge in [0.2, 0.25) is 5.95 Å². The Kier molecular flexibility index (Phi) is 8.09. The smallest absolute Gasteiger partial charge is 0.262 e. The molecule has 2 aromatic carbocycles. The molecule has 1 atom stereocenters. The van der Waals surface area contributed by atoms with Gasteiger partial charge in [0.15, 0.2) is 0 Å². The zero-order chi connectivity index (χ0) is 32.7. The van der Waals surface area contributed by atoms with Crippen molar-refractivity contribution in [3.63, 3.8) is 0 Å². The van der Waals surface area contributed by atoms with Crippen molar-refractivity contribution in [2.24, 2.45) is 5.92 Å². The first-order chi connectivity index (χ1) is 22.8. The Morgan fingerprint density at radius 2 is 1.81 bits per heavy atom. The standard InChI is InChI=1S/C35H37N7O5/c1-20-14-29(43)42(24-6-4-5-7-24)32-26(20)18-37-35(40-32)36-17-21-12-13-41(19-21)34(45)23-10-8-22(9-11-23)31-38-27-15-25(46-2)16-28(47-3)30(27)33(44)39-31/h8-11,14-16,18,21,24H,4-7,12-13,17,19H2,1-3H3,(H,36,37,40)(H,38,39,44). The van der Waals surface area contributed by atoms with Crippen LogP contribution in [0.3, 0.4) is 0 Å². The number of aromatic nitrogens is 5. The van der Waals surface area contributed by atoms with Gasteiger partial charge in [0.25, 0.3) is 17.0 Å². The molecule has 242 valence electrons. The van der Waals surface area contributed by atoms with Gasteiger partial charge in [0, 0.05) is 66.6 Å². The van der Waals surface area contributed by atoms with Crippen molar-refractivity contribution < 1.29 is 14.3 Å². The van der Waals surface area contributed by atoms with Crippen molar-refractivity contribution in [2.75, 3.05) is 39.2 Å². The van der Waals surface area contributed by atoms with Gasteiger partial charge < -0.3 is 24.7 Å². The molecule has 5 aromatic rings. The summed E-state index contributed by atoms with van der Waals surface area (Å²) < 4.78 is 12.6. The van der Waals surface area contributed by atoms with Crippen LogP contribution in [0.2, 0.25) is 0 Å². The summed E-state index contributed by atoms with van der Waals surface area (Å²) in [5.74, 6) is 1.97. The van der Waals surface area contributed by atoms with Gasteiger partial charge in [-0.15, -0.1) is 0 Å². The molecule has 12 heteroatoms. The van der Waals surface area contributed by atoms with Crippen molar-refractivity contribution in [2.45, 2.75) is 45.1 Å². The van der Waals surface area contributed by atoms with Crippen molar-refractivity contribution >= 4 is 33.8 Å². The molecule has 7 rings (SSSR count). The number of H-pyrrole nitrogens is 1. The zero-order valence-electron chi connectivity index (χ0n) is 26.7. The van der Waals surface area contributed by atoms with Gasteiger partial charge in [-0.1, -0.05) is 25.0 Å². The molecule has 1 saturated carbocycles. The molecule has 2 fully saturated rings. The van der Waals surface area contributed by atoms with Gasteiger partial charge >= 0.3 is 0 Å². The summed E-state index contributed by atoms with van der Waals surface area (Å²) in [6, 6.07) is 12.3. The van der Waals surface area contributed by atoms with E-state index in [4.69, 9.17) is 14.5 Å². The van der Waals surface area contributed by atoms with E-state index >= 15 is 0 Å². The van der Waals surface area contributed by atoms with Crippen LogP contribution in [0.4, 0.5) is 5.95 Å². The number of likely N-dealkylation sites (tertiary alicyclic amines) is 1. The largest absolute Gasteiger partial charge is 0.497 e. The molecular formula is C35H37N7O5. The number of nitrogens with one attached hydrogen (secondary N) is 2. The molecule has 0 bridgehead atoms. The van der Waals surface area contributed by atoms with E-state index in [9.17, 15) is 14.4 Å². The Hall–Kier alpha value is -5.26. The number of pyridine rings is 1. The number of hydrogen-bond acceptors (Lipinski definition) is 9. The molecule has 4 heterocycles. The molecule has 0 spiro atoms. The Balaban J connectivity index is 1.02. The quantitative estimate of drug-likeness (QED) is 0.248. The van der Waals surface area contributed by atoms with E-state index in [-0.39, 0.29) is 29.0 Å². The van der Waals surface area contributed by atoms with Crippen LogP contribution in [-0.4, -0.2) is 69.2 Å². The van der Waals surface area contributed by atoms with Crippen LogP contribution in [0.15, 0.2) is 58.3 Å². The molecule has 2 N–H and O–H groups in total. The van der Waals surface area contributed by atoms with E-state index < -0.39 is 0 Å². The summed E-state index contributed by atoms with van der Waals surface area (Å²) in [7, 11) is 3.03. The van der Waals surface area contributed by atoms with Gasteiger partial charge in [-0.3, -0.25) is 19.0 Å². The number of benzene rings is 2. The number of nitrogens with zero attached hydrogens (tertiary/aromatic N) is 5. The third-order valence-electron chi connectivity index (χ3n) is 9.42. The van der Waals surface area contributed by atoms with Crippen molar-refractivity contribution in [1.29, 1.82) is 0 Å². The van der Waals surface area contributed by atoms with E-state index in [0.29, 0.717) is 70.6 Å². The summed E-state index contributed by atoms with van der Waals surface area (Å²) in [5.41, 5.74) is 2.92. The SMILES string of the molecule is COc1cc(OC)c2c(=O)[nH]c(-c3ccc(C(=O)N4CCC(CNc5ncc6c(C)cc(=O)n(C7CCCC7)c6n5)C4)cc3)nc2c1. The average Bonchev–Trinajstić information content (AvgIpc) is 3.79. The fraction of sp³-hybridized carbons (Fsp3) is 0.371. The summed E-state index contributed by atoms with van der Waals surface area (Å²) in [6.07, 6.45) is 6.88. The Bertz CT molecular complexity index is 2100. The number of anilines is 1. The summed E-state index contributed by atoms with van der Waals surface area (Å²) in [4.78, 5) is 57.9. The Labute approximate surface area is 270 Å². The first-order valence-corrected chi connectivity index (χ1v) is 16.0. The summed E-state index contributed by atoms with van der Waals surface area (Å²) in [6.45, 7) is 3.79. The van der Waals surface area contributed by atoms with Crippen LogP contribution in [0.25, 0.3) is 33.3 Å². The molecule has 2 aliphatic rings. The molecule has 3 aromatic heterocycles. The van der Waals surface area contributed by atoms with Crippen LogP contribution >= 0.6 is 0 Å². The van der Waals surface area contributed by atoms with Crippen molar-refractivity contribution in [3.05, 3.63) is 80.5 Å². The second kappa shape index (κ2) is 12.5. The number of rotatable bonds is 8. The molecule has 1 amide bonds. The zero-order valence-corrected chi connectivity index (χ0v) is 26.7. The van der Waals surface area contributed by atoms with Gasteiger partial charge in [-0.05, 0) is 49.8 Å². The highest BCUT2D eigenvalue weighted by atomic mass is 16.5. The molecule has 47 heavy (non-hydrogen) atoms. The second-order valence-electron chi connectivity index (χ2n) is 12.4. The van der Waals surface area contributed by atoms with E-state index in [2.05, 4.69) is 20.3 Å². The maximum absolute atomic E-state index is 13.4. The summed E-state index contributed by atoms with van der Waals surface area (Å²) >= 11 is 0. The Morgan fingerprint density at radius 1 is 1.02 bits per heavy atom. The first kappa shape index (κ1) is 30.4. The van der Waals surface area contributed by atoms with E-state index in [0.717, 1.165) is 43.1 Å². The minimum Gasteiger partial charge on any atom is -0.497 e. The minimum absolute atomic E-state index is 0.00678. The average molecular weight is 636 g/mol. The van der Waals surface area contributed by atoms with Crippen LogP contribution in [0.5, 0.6) is 11.5 Å². The summed E-state index contributed by atoms with van der Waals surface area (Å²) in [5, 5.41) is 4.60. The Morgan fingerprint density at radius 3 is 2.55 bits per heavy atom. The van der Waals surface area contributed by atoms with Crippen molar-refractivity contribution in [3.8, 4) is 22.9 Å². The fourth-order valence-corrected chi connectivity index (χ4v) is 6.87. The lowest BCUT2D eigenvalue weighted by atomic mass is 10.1. The van der Waals surface area contributed by atoms with E-state index in [1.807, 2.05) is 16.4 Å². The molecule has 0 radical (unpaired) electrons. The van der Waals surface area contributed by atoms with Crippen LogP contribution in [0.1, 0.15) is 54.1 Å². The van der Waals surface area contributed by atoms with Gasteiger partial charge in [0.1, 0.15) is 28.4 Å². The molecular weight excluding hydrogens is 598 g/mol. The van der Waals surface area contributed by atoms with Crippen molar-refractivity contribution in [1.82, 2.24) is 29.4 Å². The highest BCUT2D eigenvalue weighted by molar-refractivity contribution is 5.95. The first-order valence-electron chi connectivity index (χ1n) is 16.0. The third kappa shape index (κ3) is 5.79. The molecule has 1 unspecified atom stereocenters.